The quantitative estimate of drug-likeness (QED) is 0.838. The number of aryl methyl sites for hydroxylation is 1. The van der Waals surface area contributed by atoms with Gasteiger partial charge >= 0.3 is 0 Å². The SMILES string of the molecule is C=C1C(Oc2cc(C)nn2-c2ccccc2)O[C@H](CO)C[C@@H]1O. The molecule has 23 heavy (non-hydrogen) atoms. The van der Waals surface area contributed by atoms with Crippen molar-refractivity contribution in [3.63, 3.8) is 0 Å². The number of benzene rings is 1. The summed E-state index contributed by atoms with van der Waals surface area (Å²) < 4.78 is 13.2. The highest BCUT2D eigenvalue weighted by Crippen LogP contribution is 2.28. The Kier molecular flexibility index (Phi) is 4.47. The smallest absolute Gasteiger partial charge is 0.227 e. The summed E-state index contributed by atoms with van der Waals surface area (Å²) >= 11 is 0. The fourth-order valence-corrected chi connectivity index (χ4v) is 2.52. The summed E-state index contributed by atoms with van der Waals surface area (Å²) in [6.45, 7) is 5.53. The van der Waals surface area contributed by atoms with Crippen LogP contribution in [0.3, 0.4) is 0 Å². The maximum atomic E-state index is 10.0. The molecule has 1 saturated heterocycles. The van der Waals surface area contributed by atoms with Gasteiger partial charge < -0.3 is 19.7 Å². The molecule has 0 aliphatic carbocycles. The average Bonchev–Trinajstić information content (AvgIpc) is 2.93. The summed E-state index contributed by atoms with van der Waals surface area (Å²) in [6.07, 6.45) is -1.75. The van der Waals surface area contributed by atoms with Crippen LogP contribution in [0.25, 0.3) is 5.69 Å². The van der Waals surface area contributed by atoms with Crippen LogP contribution in [0.5, 0.6) is 5.88 Å². The van der Waals surface area contributed by atoms with Gasteiger partial charge in [0.25, 0.3) is 0 Å². The van der Waals surface area contributed by atoms with Crippen LogP contribution in [0, 0.1) is 6.92 Å². The molecule has 0 saturated carbocycles. The van der Waals surface area contributed by atoms with Crippen molar-refractivity contribution in [2.75, 3.05) is 6.61 Å². The summed E-state index contributed by atoms with van der Waals surface area (Å²) in [5.74, 6) is 0.491. The second-order valence-electron chi connectivity index (χ2n) is 5.59. The Morgan fingerprint density at radius 3 is 2.83 bits per heavy atom. The molecule has 0 spiro atoms. The van der Waals surface area contributed by atoms with E-state index in [-0.39, 0.29) is 6.61 Å². The van der Waals surface area contributed by atoms with Gasteiger partial charge in [-0.3, -0.25) is 0 Å². The van der Waals surface area contributed by atoms with Gasteiger partial charge in [-0.2, -0.15) is 5.10 Å². The maximum absolute atomic E-state index is 10.0. The van der Waals surface area contributed by atoms with Crippen molar-refractivity contribution in [1.82, 2.24) is 9.78 Å². The van der Waals surface area contributed by atoms with Gasteiger partial charge in [-0.15, -0.1) is 0 Å². The zero-order valence-electron chi connectivity index (χ0n) is 12.9. The molecule has 2 heterocycles. The number of hydrogen-bond donors (Lipinski definition) is 2. The average molecular weight is 316 g/mol. The lowest BCUT2D eigenvalue weighted by molar-refractivity contribution is -0.151. The highest BCUT2D eigenvalue weighted by atomic mass is 16.7. The number of nitrogens with zero attached hydrogens (tertiary/aromatic N) is 2. The Balaban J connectivity index is 1.87. The van der Waals surface area contributed by atoms with E-state index in [2.05, 4.69) is 11.7 Å². The molecule has 1 aromatic carbocycles. The molecule has 122 valence electrons. The molecule has 0 radical (unpaired) electrons. The number of para-hydroxylation sites is 1. The molecular weight excluding hydrogens is 296 g/mol. The normalized spacial score (nSPS) is 24.7. The topological polar surface area (TPSA) is 76.7 Å². The lowest BCUT2D eigenvalue weighted by atomic mass is 10.0. The Bertz CT molecular complexity index is 683. The van der Waals surface area contributed by atoms with Gasteiger partial charge in [0, 0.05) is 18.1 Å². The number of aromatic nitrogens is 2. The Morgan fingerprint density at radius 2 is 2.13 bits per heavy atom. The fraction of sp³-hybridized carbons (Fsp3) is 0.353. The van der Waals surface area contributed by atoms with Gasteiger partial charge in [0.2, 0.25) is 12.2 Å². The lowest BCUT2D eigenvalue weighted by Gasteiger charge is -2.33. The third-order valence-corrected chi connectivity index (χ3v) is 3.76. The van der Waals surface area contributed by atoms with E-state index in [1.54, 1.807) is 10.7 Å². The first-order valence-electron chi connectivity index (χ1n) is 7.50. The Hall–Kier alpha value is -2.15. The predicted octanol–water partition coefficient (Wildman–Crippen LogP) is 1.58. The van der Waals surface area contributed by atoms with E-state index in [1.807, 2.05) is 37.3 Å². The molecule has 6 heteroatoms. The number of aliphatic hydroxyl groups excluding tert-OH is 2. The van der Waals surface area contributed by atoms with Crippen molar-refractivity contribution >= 4 is 0 Å². The van der Waals surface area contributed by atoms with Gasteiger partial charge in [-0.25, -0.2) is 4.68 Å². The van der Waals surface area contributed by atoms with Crippen LogP contribution in [-0.4, -0.2) is 45.1 Å². The van der Waals surface area contributed by atoms with Crippen LogP contribution < -0.4 is 4.74 Å². The molecule has 1 aliphatic heterocycles. The van der Waals surface area contributed by atoms with E-state index in [9.17, 15) is 10.2 Å². The van der Waals surface area contributed by atoms with Gasteiger partial charge in [0.15, 0.2) is 0 Å². The van der Waals surface area contributed by atoms with E-state index in [0.717, 1.165) is 11.4 Å². The summed E-state index contributed by atoms with van der Waals surface area (Å²) in [6, 6.07) is 11.4. The third-order valence-electron chi connectivity index (χ3n) is 3.76. The number of aliphatic hydroxyl groups is 2. The monoisotopic (exact) mass is 316 g/mol. The molecule has 6 nitrogen and oxygen atoms in total. The fourth-order valence-electron chi connectivity index (χ4n) is 2.52. The van der Waals surface area contributed by atoms with Crippen molar-refractivity contribution in [1.29, 1.82) is 0 Å². The second-order valence-corrected chi connectivity index (χ2v) is 5.59. The van der Waals surface area contributed by atoms with Crippen LogP contribution in [0.4, 0.5) is 0 Å². The van der Waals surface area contributed by atoms with Gasteiger partial charge in [0.05, 0.1) is 30.2 Å². The van der Waals surface area contributed by atoms with Crippen LogP contribution in [0.15, 0.2) is 48.6 Å². The molecule has 2 aromatic rings. The van der Waals surface area contributed by atoms with Crippen molar-refractivity contribution in [2.45, 2.75) is 31.8 Å². The minimum atomic E-state index is -0.825. The summed E-state index contributed by atoms with van der Waals surface area (Å²) in [5.41, 5.74) is 2.09. The number of rotatable bonds is 4. The van der Waals surface area contributed by atoms with Gasteiger partial charge in [0.1, 0.15) is 0 Å². The third kappa shape index (κ3) is 3.29. The van der Waals surface area contributed by atoms with Crippen LogP contribution >= 0.6 is 0 Å². The largest absolute Gasteiger partial charge is 0.444 e. The Morgan fingerprint density at radius 1 is 1.39 bits per heavy atom. The number of hydrogen-bond acceptors (Lipinski definition) is 5. The standard InChI is InChI=1S/C17H20N2O4/c1-11-8-16(19(18-11)13-6-4-3-5-7-13)23-17-12(2)15(21)9-14(10-20)22-17/h3-8,14-15,17,20-21H,2,9-10H2,1H3/t14-,15-,17?/m0/s1. The molecule has 0 amide bonds. The van der Waals surface area contributed by atoms with E-state index in [0.29, 0.717) is 17.9 Å². The zero-order chi connectivity index (χ0) is 16.4. The highest BCUT2D eigenvalue weighted by molar-refractivity contribution is 5.35. The number of ether oxygens (including phenoxy) is 2. The van der Waals surface area contributed by atoms with Crippen molar-refractivity contribution < 1.29 is 19.7 Å². The van der Waals surface area contributed by atoms with Gasteiger partial charge in [-0.05, 0) is 19.1 Å². The minimum absolute atomic E-state index is 0.179. The molecule has 3 atom stereocenters. The first kappa shape index (κ1) is 15.7. The van der Waals surface area contributed by atoms with Crippen molar-refractivity contribution in [3.05, 3.63) is 54.2 Å². The summed E-state index contributed by atoms with van der Waals surface area (Å²) in [4.78, 5) is 0. The molecule has 3 rings (SSSR count). The molecule has 2 N–H and O–H groups in total. The van der Waals surface area contributed by atoms with E-state index < -0.39 is 18.5 Å². The predicted molar refractivity (Wildman–Crippen MR) is 84.4 cm³/mol. The van der Waals surface area contributed by atoms with Gasteiger partial charge in [-0.1, -0.05) is 24.8 Å². The van der Waals surface area contributed by atoms with E-state index >= 15 is 0 Å². The first-order valence-corrected chi connectivity index (χ1v) is 7.50. The maximum Gasteiger partial charge on any atom is 0.227 e. The lowest BCUT2D eigenvalue weighted by Crippen LogP contribution is -2.42. The van der Waals surface area contributed by atoms with Crippen LogP contribution in [0.2, 0.25) is 0 Å². The zero-order valence-corrected chi connectivity index (χ0v) is 12.9. The summed E-state index contributed by atoms with van der Waals surface area (Å²) in [5, 5.41) is 23.7. The second kappa shape index (κ2) is 6.54. The molecular formula is C17H20N2O4. The summed E-state index contributed by atoms with van der Waals surface area (Å²) in [7, 11) is 0. The van der Waals surface area contributed by atoms with Crippen molar-refractivity contribution in [2.24, 2.45) is 0 Å². The first-order chi connectivity index (χ1) is 11.1. The molecule has 1 aromatic heterocycles. The van der Waals surface area contributed by atoms with E-state index in [1.165, 1.54) is 0 Å². The van der Waals surface area contributed by atoms with E-state index in [4.69, 9.17) is 9.47 Å². The van der Waals surface area contributed by atoms with Crippen LogP contribution in [0.1, 0.15) is 12.1 Å². The van der Waals surface area contributed by atoms with Crippen LogP contribution in [-0.2, 0) is 4.74 Å². The molecule has 1 unspecified atom stereocenters. The molecule has 0 bridgehead atoms. The minimum Gasteiger partial charge on any atom is -0.444 e. The molecule has 1 fully saturated rings. The highest BCUT2D eigenvalue weighted by Gasteiger charge is 2.33. The van der Waals surface area contributed by atoms with Crippen molar-refractivity contribution in [3.8, 4) is 11.6 Å². The Labute approximate surface area is 134 Å². The molecule has 1 aliphatic rings.